The van der Waals surface area contributed by atoms with Gasteiger partial charge in [-0.15, -0.1) is 0 Å². The topological polar surface area (TPSA) is 89.2 Å². The third kappa shape index (κ3) is 2.91. The molecule has 7 heteroatoms. The smallest absolute Gasteiger partial charge is 0.271 e. The van der Waals surface area contributed by atoms with Crippen molar-refractivity contribution in [1.82, 2.24) is 20.0 Å². The summed E-state index contributed by atoms with van der Waals surface area (Å²) in [6.45, 7) is 0.710. The summed E-state index contributed by atoms with van der Waals surface area (Å²) < 4.78 is 1.71. The molecule has 1 aromatic carbocycles. The number of aryl methyl sites for hydroxylation is 1. The maximum atomic E-state index is 12.4. The Hall–Kier alpha value is -3.35. The van der Waals surface area contributed by atoms with E-state index in [1.54, 1.807) is 41.1 Å². The molecule has 1 aliphatic heterocycles. The van der Waals surface area contributed by atoms with Gasteiger partial charge in [-0.1, -0.05) is 6.07 Å². The lowest BCUT2D eigenvalue weighted by Gasteiger charge is -2.06. The SMILES string of the molecule is O=C(N/N=C\c1ccccn1)c1ccc2c(=O)n3c(nc2c1)CCC3. The first-order valence-corrected chi connectivity index (χ1v) is 8.00. The van der Waals surface area contributed by atoms with E-state index in [0.717, 1.165) is 18.7 Å². The molecule has 0 fully saturated rings. The van der Waals surface area contributed by atoms with Gasteiger partial charge in [-0.05, 0) is 36.8 Å². The zero-order valence-electron chi connectivity index (χ0n) is 13.3. The van der Waals surface area contributed by atoms with Crippen molar-refractivity contribution >= 4 is 23.0 Å². The van der Waals surface area contributed by atoms with Crippen molar-refractivity contribution in [2.75, 3.05) is 0 Å². The van der Waals surface area contributed by atoms with Gasteiger partial charge in [0.2, 0.25) is 0 Å². The number of hydrogen-bond acceptors (Lipinski definition) is 5. The van der Waals surface area contributed by atoms with Crippen LogP contribution in [-0.4, -0.2) is 26.7 Å². The third-order valence-electron chi connectivity index (χ3n) is 4.13. The van der Waals surface area contributed by atoms with Crippen molar-refractivity contribution in [1.29, 1.82) is 0 Å². The van der Waals surface area contributed by atoms with Gasteiger partial charge in [0.1, 0.15) is 5.82 Å². The van der Waals surface area contributed by atoms with E-state index in [9.17, 15) is 9.59 Å². The lowest BCUT2D eigenvalue weighted by molar-refractivity contribution is 0.0955. The molecule has 3 aromatic rings. The number of hydrazone groups is 1. The van der Waals surface area contributed by atoms with Crippen LogP contribution in [0.3, 0.4) is 0 Å². The largest absolute Gasteiger partial charge is 0.296 e. The Kier molecular flexibility index (Phi) is 3.81. The van der Waals surface area contributed by atoms with E-state index in [0.29, 0.717) is 28.7 Å². The summed E-state index contributed by atoms with van der Waals surface area (Å²) >= 11 is 0. The van der Waals surface area contributed by atoms with Crippen LogP contribution in [0.25, 0.3) is 10.9 Å². The van der Waals surface area contributed by atoms with Crippen molar-refractivity contribution in [3.8, 4) is 0 Å². The lowest BCUT2D eigenvalue weighted by atomic mass is 10.1. The Morgan fingerprint density at radius 1 is 1.28 bits per heavy atom. The second-order valence-electron chi connectivity index (χ2n) is 5.77. The van der Waals surface area contributed by atoms with Crippen LogP contribution < -0.4 is 11.0 Å². The summed E-state index contributed by atoms with van der Waals surface area (Å²) in [5.74, 6) is 0.416. The second-order valence-corrected chi connectivity index (χ2v) is 5.77. The third-order valence-corrected chi connectivity index (χ3v) is 4.13. The molecule has 4 rings (SSSR count). The van der Waals surface area contributed by atoms with Crippen molar-refractivity contribution in [3.63, 3.8) is 0 Å². The first-order valence-electron chi connectivity index (χ1n) is 8.00. The summed E-state index contributed by atoms with van der Waals surface area (Å²) in [6, 6.07) is 10.3. The van der Waals surface area contributed by atoms with Gasteiger partial charge in [0.25, 0.3) is 11.5 Å². The van der Waals surface area contributed by atoms with E-state index in [4.69, 9.17) is 0 Å². The minimum atomic E-state index is -0.364. The van der Waals surface area contributed by atoms with Crippen molar-refractivity contribution < 1.29 is 4.79 Å². The van der Waals surface area contributed by atoms with E-state index in [1.165, 1.54) is 6.21 Å². The number of amides is 1. The van der Waals surface area contributed by atoms with Gasteiger partial charge in [-0.2, -0.15) is 5.10 Å². The molecule has 0 unspecified atom stereocenters. The maximum Gasteiger partial charge on any atom is 0.271 e. The minimum absolute atomic E-state index is 0.0439. The van der Waals surface area contributed by atoms with Gasteiger partial charge >= 0.3 is 0 Å². The van der Waals surface area contributed by atoms with Gasteiger partial charge in [-0.3, -0.25) is 19.1 Å². The summed E-state index contributed by atoms with van der Waals surface area (Å²) in [5, 5.41) is 4.43. The van der Waals surface area contributed by atoms with Gasteiger partial charge in [0.05, 0.1) is 22.8 Å². The first kappa shape index (κ1) is 15.2. The zero-order valence-corrected chi connectivity index (χ0v) is 13.3. The highest BCUT2D eigenvalue weighted by molar-refractivity contribution is 5.98. The molecule has 1 aliphatic rings. The van der Waals surface area contributed by atoms with Crippen LogP contribution in [-0.2, 0) is 13.0 Å². The van der Waals surface area contributed by atoms with Crippen LogP contribution >= 0.6 is 0 Å². The number of rotatable bonds is 3. The number of hydrogen-bond donors (Lipinski definition) is 1. The first-order chi connectivity index (χ1) is 12.2. The molecule has 2 aromatic heterocycles. The standard InChI is InChI=1S/C18H15N5O2/c24-17(22-20-11-13-4-1-2-8-19-13)12-6-7-14-15(10-12)21-16-5-3-9-23(16)18(14)25/h1-2,4,6-8,10-11H,3,5,9H2,(H,22,24)/b20-11-. The normalized spacial score (nSPS) is 13.3. The number of nitrogens with one attached hydrogen (secondary N) is 1. The fourth-order valence-corrected chi connectivity index (χ4v) is 2.90. The molecular formula is C18H15N5O2. The van der Waals surface area contributed by atoms with Gasteiger partial charge in [-0.25, -0.2) is 10.4 Å². The molecule has 1 N–H and O–H groups in total. The van der Waals surface area contributed by atoms with E-state index < -0.39 is 0 Å². The summed E-state index contributed by atoms with van der Waals surface area (Å²) in [6.07, 6.45) is 4.83. The average molecular weight is 333 g/mol. The molecule has 7 nitrogen and oxygen atoms in total. The van der Waals surface area contributed by atoms with Crippen LogP contribution in [0.2, 0.25) is 0 Å². The van der Waals surface area contributed by atoms with Crippen LogP contribution in [0.5, 0.6) is 0 Å². The maximum absolute atomic E-state index is 12.4. The Morgan fingerprint density at radius 2 is 2.20 bits per heavy atom. The Morgan fingerprint density at radius 3 is 3.04 bits per heavy atom. The summed E-state index contributed by atoms with van der Waals surface area (Å²) in [7, 11) is 0. The lowest BCUT2D eigenvalue weighted by Crippen LogP contribution is -2.22. The van der Waals surface area contributed by atoms with Crippen molar-refractivity contribution in [2.24, 2.45) is 5.10 Å². The molecule has 0 atom stereocenters. The van der Waals surface area contributed by atoms with Gasteiger partial charge in [0.15, 0.2) is 0 Å². The van der Waals surface area contributed by atoms with Gasteiger partial charge in [0, 0.05) is 24.7 Å². The summed E-state index contributed by atoms with van der Waals surface area (Å²) in [5.41, 5.74) is 4.00. The Bertz CT molecular complexity index is 1040. The molecule has 0 spiro atoms. The number of pyridine rings is 1. The summed E-state index contributed by atoms with van der Waals surface area (Å²) in [4.78, 5) is 33.3. The highest BCUT2D eigenvalue weighted by atomic mass is 16.2. The number of carbonyl (C=O) groups is 1. The Balaban J connectivity index is 1.59. The molecule has 0 saturated heterocycles. The molecule has 1 amide bonds. The molecule has 124 valence electrons. The number of nitrogens with zero attached hydrogens (tertiary/aromatic N) is 4. The van der Waals surface area contributed by atoms with Crippen LogP contribution in [0.1, 0.15) is 28.3 Å². The molecule has 3 heterocycles. The van der Waals surface area contributed by atoms with E-state index in [-0.39, 0.29) is 11.5 Å². The van der Waals surface area contributed by atoms with Gasteiger partial charge < -0.3 is 0 Å². The molecule has 0 radical (unpaired) electrons. The van der Waals surface area contributed by atoms with Crippen molar-refractivity contribution in [2.45, 2.75) is 19.4 Å². The number of benzene rings is 1. The molecule has 0 bridgehead atoms. The number of aromatic nitrogens is 3. The molecule has 25 heavy (non-hydrogen) atoms. The van der Waals surface area contributed by atoms with E-state index >= 15 is 0 Å². The van der Waals surface area contributed by atoms with Crippen molar-refractivity contribution in [3.05, 3.63) is 70.0 Å². The average Bonchev–Trinajstić information content (AvgIpc) is 3.11. The predicted molar refractivity (Wildman–Crippen MR) is 93.6 cm³/mol. The highest BCUT2D eigenvalue weighted by Crippen LogP contribution is 2.16. The molecule has 0 saturated carbocycles. The molecular weight excluding hydrogens is 318 g/mol. The van der Waals surface area contributed by atoms with Crippen LogP contribution in [0.4, 0.5) is 0 Å². The number of carbonyl (C=O) groups excluding carboxylic acids is 1. The predicted octanol–water partition coefficient (Wildman–Crippen LogP) is 1.50. The van der Waals surface area contributed by atoms with E-state index in [2.05, 4.69) is 20.5 Å². The molecule has 0 aliphatic carbocycles. The van der Waals surface area contributed by atoms with Crippen LogP contribution in [0, 0.1) is 0 Å². The zero-order chi connectivity index (χ0) is 17.2. The second kappa shape index (κ2) is 6.27. The van der Waals surface area contributed by atoms with Crippen LogP contribution in [0.15, 0.2) is 52.5 Å². The fourth-order valence-electron chi connectivity index (χ4n) is 2.90. The minimum Gasteiger partial charge on any atom is -0.296 e. The quantitative estimate of drug-likeness (QED) is 0.581. The number of fused-ring (bicyclic) bond motifs is 2. The van der Waals surface area contributed by atoms with E-state index in [1.807, 2.05) is 6.07 Å². The Labute approximate surface area is 143 Å². The fraction of sp³-hybridized carbons (Fsp3) is 0.167. The monoisotopic (exact) mass is 333 g/mol. The highest BCUT2D eigenvalue weighted by Gasteiger charge is 2.16.